The van der Waals surface area contributed by atoms with Crippen molar-refractivity contribution in [2.75, 3.05) is 13.2 Å². The summed E-state index contributed by atoms with van der Waals surface area (Å²) in [5, 5.41) is 0. The molecule has 43 heavy (non-hydrogen) atoms. The van der Waals surface area contributed by atoms with Crippen LogP contribution in [0.4, 0.5) is 61.5 Å². The zero-order valence-corrected chi connectivity index (χ0v) is 27.2. The van der Waals surface area contributed by atoms with Crippen LogP contribution in [-0.2, 0) is 6.15 Å². The Morgan fingerprint density at radius 2 is 0.651 bits per heavy atom. The van der Waals surface area contributed by atoms with Gasteiger partial charge >= 0.3 is 249 Å². The summed E-state index contributed by atoms with van der Waals surface area (Å²) in [7, 11) is 0. The molecule has 0 aliphatic carbocycles. The number of rotatable bonds is 24. The van der Waals surface area contributed by atoms with Gasteiger partial charge in [0.05, 0.1) is 0 Å². The van der Waals surface area contributed by atoms with Crippen molar-refractivity contribution in [2.24, 2.45) is 0 Å². The number of alkyl halides is 14. The summed E-state index contributed by atoms with van der Waals surface area (Å²) in [6.07, 6.45) is -13.7. The van der Waals surface area contributed by atoms with Crippen molar-refractivity contribution in [3.63, 3.8) is 0 Å². The van der Waals surface area contributed by atoms with Crippen LogP contribution in [0.1, 0.15) is 117 Å². The van der Waals surface area contributed by atoms with Gasteiger partial charge in [-0.05, 0) is 0 Å². The van der Waals surface area contributed by atoms with E-state index < -0.39 is 90.2 Å². The third-order valence-corrected chi connectivity index (χ3v) is 17.0. The van der Waals surface area contributed by atoms with Gasteiger partial charge in [-0.1, -0.05) is 0 Å². The van der Waals surface area contributed by atoms with E-state index in [0.29, 0.717) is 25.7 Å². The van der Waals surface area contributed by atoms with Crippen LogP contribution in [0.2, 0.25) is 0 Å². The van der Waals surface area contributed by atoms with Crippen LogP contribution in [0.3, 0.4) is 0 Å². The zero-order valence-electron chi connectivity index (χ0n) is 24.3. The second-order valence-corrected chi connectivity index (χ2v) is 19.4. The molecule has 0 spiro atoms. The van der Waals surface area contributed by atoms with E-state index in [-0.39, 0.29) is 12.8 Å². The quantitative estimate of drug-likeness (QED) is 0.0553. The van der Waals surface area contributed by atoms with E-state index in [9.17, 15) is 43.9 Å². The maximum absolute atomic E-state index is 15.4. The minimum atomic E-state index is -9.16. The van der Waals surface area contributed by atoms with Crippen molar-refractivity contribution in [1.82, 2.24) is 0 Å². The van der Waals surface area contributed by atoms with E-state index in [0.717, 1.165) is 38.5 Å². The maximum atomic E-state index is 15.4. The summed E-state index contributed by atoms with van der Waals surface area (Å²) in [4.78, 5) is 0. The van der Waals surface area contributed by atoms with Crippen molar-refractivity contribution in [3.8, 4) is 0 Å². The SMILES string of the molecule is CCCCCCCCC[O][Sn]([O]CCCCCCCCC)([C](F)(F)C(F)(F)CC(F)(F)F)[C](F)(F)C(F)(F)CC(F)(F)F. The molecule has 0 saturated heterocycles. The van der Waals surface area contributed by atoms with Gasteiger partial charge in [-0.15, -0.1) is 0 Å². The molecule has 2 nitrogen and oxygen atoms in total. The molecule has 0 aliphatic rings. The fraction of sp³-hybridized carbons (Fsp3) is 1.00. The molecular formula is C26H42F14O2Sn. The van der Waals surface area contributed by atoms with Crippen molar-refractivity contribution in [3.05, 3.63) is 0 Å². The number of hydrogen-bond acceptors (Lipinski definition) is 2. The monoisotopic (exact) mass is 772 g/mol. The van der Waals surface area contributed by atoms with Gasteiger partial charge in [-0.2, -0.15) is 0 Å². The van der Waals surface area contributed by atoms with E-state index in [2.05, 4.69) is 6.15 Å². The molecule has 0 aromatic carbocycles. The van der Waals surface area contributed by atoms with Gasteiger partial charge in [0.2, 0.25) is 0 Å². The second kappa shape index (κ2) is 18.2. The molecule has 0 aliphatic heterocycles. The molecule has 17 heteroatoms. The predicted molar refractivity (Wildman–Crippen MR) is 135 cm³/mol. The average molecular weight is 771 g/mol. The minimum absolute atomic E-state index is 0.0540. The van der Waals surface area contributed by atoms with Gasteiger partial charge in [0.1, 0.15) is 0 Å². The fourth-order valence-corrected chi connectivity index (χ4v) is 13.5. The molecular weight excluding hydrogens is 729 g/mol. The van der Waals surface area contributed by atoms with Gasteiger partial charge in [-0.3, -0.25) is 0 Å². The van der Waals surface area contributed by atoms with Crippen molar-refractivity contribution in [1.29, 1.82) is 0 Å². The van der Waals surface area contributed by atoms with Crippen LogP contribution in [0.25, 0.3) is 0 Å². The Kier molecular flexibility index (Phi) is 18.1. The van der Waals surface area contributed by atoms with E-state index in [4.69, 9.17) is 0 Å². The topological polar surface area (TPSA) is 18.5 Å². The predicted octanol–water partition coefficient (Wildman–Crippen LogP) is 11.5. The van der Waals surface area contributed by atoms with Crippen LogP contribution < -0.4 is 0 Å². The molecule has 0 saturated carbocycles. The van der Waals surface area contributed by atoms with Crippen LogP contribution >= 0.6 is 0 Å². The molecule has 0 fully saturated rings. The normalized spacial score (nSPS) is 14.5. The Bertz CT molecular complexity index is 695. The molecule has 0 aromatic rings. The summed E-state index contributed by atoms with van der Waals surface area (Å²) in [5.41, 5.74) is 0. The van der Waals surface area contributed by atoms with Crippen molar-refractivity contribution < 1.29 is 67.6 Å². The molecule has 0 radical (unpaired) electrons. The third kappa shape index (κ3) is 13.6. The number of hydrogen-bond donors (Lipinski definition) is 0. The molecule has 260 valence electrons. The Labute approximate surface area is 248 Å². The first kappa shape index (κ1) is 42.7. The molecule has 0 heterocycles. The summed E-state index contributed by atoms with van der Waals surface area (Å²) in [6.45, 7) is 1.15. The van der Waals surface area contributed by atoms with Crippen molar-refractivity contribution in [2.45, 2.75) is 149 Å². The van der Waals surface area contributed by atoms with Crippen LogP contribution in [-0.4, -0.2) is 64.5 Å². The molecule has 0 rings (SSSR count). The first-order valence-corrected chi connectivity index (χ1v) is 19.6. The Hall–Kier alpha value is -0.261. The molecule has 0 atom stereocenters. The Balaban J connectivity index is 6.55. The Morgan fingerprint density at radius 3 is 0.907 bits per heavy atom. The Morgan fingerprint density at radius 1 is 0.395 bits per heavy atom. The summed E-state index contributed by atoms with van der Waals surface area (Å²) in [6, 6.07) is 0. The zero-order chi connectivity index (χ0) is 33.6. The van der Waals surface area contributed by atoms with Crippen LogP contribution in [0.5, 0.6) is 0 Å². The third-order valence-electron chi connectivity index (χ3n) is 6.70. The van der Waals surface area contributed by atoms with E-state index >= 15 is 17.6 Å². The molecule has 0 aromatic heterocycles. The van der Waals surface area contributed by atoms with E-state index in [1.807, 2.05) is 13.8 Å². The van der Waals surface area contributed by atoms with Crippen LogP contribution in [0.15, 0.2) is 0 Å². The first-order chi connectivity index (χ1) is 19.5. The van der Waals surface area contributed by atoms with Crippen LogP contribution in [0, 0.1) is 0 Å². The second-order valence-electron chi connectivity index (χ2n) is 10.7. The molecule has 0 N–H and O–H groups in total. The number of halogens is 14. The summed E-state index contributed by atoms with van der Waals surface area (Å²) in [5.74, 6) is -12.9. The standard InChI is InChI=1S/2C9H19O.2C4H2F7.Sn/c2*1-2-3-4-5-6-7-8-9-10;2*5-2(6)3(7,8)1-4(9,10)11;/h2*2-9H2,1H3;2*1H2;/q2*-1;;;+2. The fourth-order valence-electron chi connectivity index (χ4n) is 4.36. The number of unbranched alkanes of at least 4 members (excludes halogenated alkanes) is 12. The van der Waals surface area contributed by atoms with Gasteiger partial charge in [-0.25, -0.2) is 0 Å². The molecule has 0 amide bonds. The molecule has 0 bridgehead atoms. The van der Waals surface area contributed by atoms with E-state index in [1.165, 1.54) is 0 Å². The first-order valence-electron chi connectivity index (χ1n) is 14.5. The summed E-state index contributed by atoms with van der Waals surface area (Å²) < 4.78 is 193. The van der Waals surface area contributed by atoms with E-state index in [1.54, 1.807) is 0 Å². The van der Waals surface area contributed by atoms with Gasteiger partial charge in [0.15, 0.2) is 0 Å². The van der Waals surface area contributed by atoms with Gasteiger partial charge in [0, 0.05) is 0 Å². The van der Waals surface area contributed by atoms with Gasteiger partial charge in [0.25, 0.3) is 0 Å². The van der Waals surface area contributed by atoms with Gasteiger partial charge < -0.3 is 0 Å². The molecule has 0 unspecified atom stereocenters. The van der Waals surface area contributed by atoms with Crippen molar-refractivity contribution >= 4 is 19.2 Å². The average Bonchev–Trinajstić information content (AvgIpc) is 2.82. The summed E-state index contributed by atoms with van der Waals surface area (Å²) >= 11 is -9.16.